The summed E-state index contributed by atoms with van der Waals surface area (Å²) in [4.78, 5) is 4.28. The highest BCUT2D eigenvalue weighted by Crippen LogP contribution is 2.15. The summed E-state index contributed by atoms with van der Waals surface area (Å²) in [6.45, 7) is 7.50. The van der Waals surface area contributed by atoms with Crippen LogP contribution >= 0.6 is 24.0 Å². The van der Waals surface area contributed by atoms with Crippen molar-refractivity contribution in [3.05, 3.63) is 11.6 Å². The predicted molar refractivity (Wildman–Crippen MR) is 115 cm³/mol. The van der Waals surface area contributed by atoms with E-state index in [0.717, 1.165) is 56.6 Å². The maximum atomic E-state index is 4.39. The first-order chi connectivity index (χ1) is 11.7. The van der Waals surface area contributed by atoms with Crippen LogP contribution in [0.3, 0.4) is 0 Å². The van der Waals surface area contributed by atoms with Crippen LogP contribution in [-0.4, -0.2) is 40.9 Å². The number of aromatic nitrogens is 3. The van der Waals surface area contributed by atoms with Crippen molar-refractivity contribution in [2.24, 2.45) is 10.9 Å². The number of halogens is 1. The summed E-state index contributed by atoms with van der Waals surface area (Å²) in [5, 5.41) is 15.5. The molecule has 0 unspecified atom stereocenters. The smallest absolute Gasteiger partial charge is 0.190 e. The lowest BCUT2D eigenvalue weighted by molar-refractivity contribution is 0.548. The first kappa shape index (κ1) is 22.2. The number of aliphatic imine (C=N–C) groups is 1. The molecular weight excluding hydrogens is 427 g/mol. The third kappa shape index (κ3) is 7.92. The van der Waals surface area contributed by atoms with Crippen LogP contribution in [0.2, 0.25) is 0 Å². The van der Waals surface area contributed by atoms with Crippen LogP contribution in [0, 0.1) is 5.92 Å². The van der Waals surface area contributed by atoms with E-state index in [1.807, 2.05) is 7.05 Å². The van der Waals surface area contributed by atoms with Crippen LogP contribution in [-0.2, 0) is 19.4 Å². The molecule has 2 N–H and O–H groups in total. The van der Waals surface area contributed by atoms with Crippen LogP contribution in [0.1, 0.15) is 64.0 Å². The molecule has 2 rings (SSSR count). The van der Waals surface area contributed by atoms with Gasteiger partial charge in [-0.15, -0.1) is 34.2 Å². The van der Waals surface area contributed by atoms with E-state index >= 15 is 0 Å². The molecule has 0 aromatic carbocycles. The molecule has 0 fully saturated rings. The maximum Gasteiger partial charge on any atom is 0.190 e. The SMILES string of the molecule is CN=C(NCCCc1nnc2n1CCCCC2)NCCCC(C)C.I. The number of aryl methyl sites for hydroxylation is 2. The molecule has 1 aromatic heterocycles. The summed E-state index contributed by atoms with van der Waals surface area (Å²) in [7, 11) is 1.83. The molecule has 0 radical (unpaired) electrons. The lowest BCUT2D eigenvalue weighted by Gasteiger charge is -2.12. The van der Waals surface area contributed by atoms with Gasteiger partial charge in [0.1, 0.15) is 11.6 Å². The number of nitrogens with one attached hydrogen (secondary N) is 2. The third-order valence-corrected chi connectivity index (χ3v) is 4.53. The van der Waals surface area contributed by atoms with Crippen molar-refractivity contribution >= 4 is 29.9 Å². The Bertz CT molecular complexity index is 512. The van der Waals surface area contributed by atoms with E-state index in [1.165, 1.54) is 37.9 Å². The zero-order valence-corrected chi connectivity index (χ0v) is 18.4. The number of hydrogen-bond acceptors (Lipinski definition) is 3. The monoisotopic (exact) mass is 462 g/mol. The van der Waals surface area contributed by atoms with E-state index in [0.29, 0.717) is 0 Å². The van der Waals surface area contributed by atoms with Gasteiger partial charge in [0.05, 0.1) is 0 Å². The number of rotatable bonds is 8. The molecule has 6 nitrogen and oxygen atoms in total. The summed E-state index contributed by atoms with van der Waals surface area (Å²) in [6.07, 6.45) is 9.35. The van der Waals surface area contributed by atoms with E-state index in [2.05, 4.69) is 44.2 Å². The minimum atomic E-state index is 0. The molecule has 0 amide bonds. The molecule has 1 aliphatic heterocycles. The average Bonchev–Trinajstić information content (AvgIpc) is 2.79. The second-order valence-electron chi connectivity index (χ2n) is 7.06. The molecule has 0 saturated heterocycles. The molecule has 1 aliphatic rings. The maximum absolute atomic E-state index is 4.39. The Labute approximate surface area is 169 Å². The molecule has 0 spiro atoms. The standard InChI is InChI=1S/C18H34N6.HI/c1-15(2)9-7-12-20-18(19-3)21-13-8-11-17-23-22-16-10-5-4-6-14-24(16)17;/h15H,4-14H2,1-3H3,(H2,19,20,21);1H. The second-order valence-corrected chi connectivity index (χ2v) is 7.06. The highest BCUT2D eigenvalue weighted by Gasteiger charge is 2.14. The van der Waals surface area contributed by atoms with Crippen molar-refractivity contribution < 1.29 is 0 Å². The Kier molecular flexibility index (Phi) is 11.1. The van der Waals surface area contributed by atoms with Crippen molar-refractivity contribution in [1.82, 2.24) is 25.4 Å². The van der Waals surface area contributed by atoms with Crippen LogP contribution in [0.5, 0.6) is 0 Å². The van der Waals surface area contributed by atoms with Gasteiger partial charge in [-0.3, -0.25) is 4.99 Å². The normalized spacial score (nSPS) is 14.6. The van der Waals surface area contributed by atoms with E-state index in [-0.39, 0.29) is 24.0 Å². The van der Waals surface area contributed by atoms with E-state index in [4.69, 9.17) is 0 Å². The van der Waals surface area contributed by atoms with Crippen molar-refractivity contribution in [2.75, 3.05) is 20.1 Å². The lowest BCUT2D eigenvalue weighted by atomic mass is 10.1. The van der Waals surface area contributed by atoms with Gasteiger partial charge < -0.3 is 15.2 Å². The molecular formula is C18H35IN6. The Morgan fingerprint density at radius 2 is 1.88 bits per heavy atom. The number of fused-ring (bicyclic) bond motifs is 1. The fourth-order valence-electron chi connectivity index (χ4n) is 3.12. The van der Waals surface area contributed by atoms with Gasteiger partial charge in [0.25, 0.3) is 0 Å². The predicted octanol–water partition coefficient (Wildman–Crippen LogP) is 3.16. The topological polar surface area (TPSA) is 67.1 Å². The van der Waals surface area contributed by atoms with Crippen molar-refractivity contribution in [3.63, 3.8) is 0 Å². The van der Waals surface area contributed by atoms with Gasteiger partial charge in [0.2, 0.25) is 0 Å². The molecule has 7 heteroatoms. The van der Waals surface area contributed by atoms with E-state index < -0.39 is 0 Å². The largest absolute Gasteiger partial charge is 0.356 e. The molecule has 0 atom stereocenters. The lowest BCUT2D eigenvalue weighted by Crippen LogP contribution is -2.38. The molecule has 144 valence electrons. The summed E-state index contributed by atoms with van der Waals surface area (Å²) >= 11 is 0. The molecule has 2 heterocycles. The van der Waals surface area contributed by atoms with Crippen molar-refractivity contribution in [1.29, 1.82) is 0 Å². The van der Waals surface area contributed by atoms with E-state index in [1.54, 1.807) is 0 Å². The zero-order chi connectivity index (χ0) is 17.2. The Morgan fingerprint density at radius 1 is 1.12 bits per heavy atom. The first-order valence-corrected chi connectivity index (χ1v) is 9.56. The molecule has 1 aromatic rings. The highest BCUT2D eigenvalue weighted by atomic mass is 127. The van der Waals surface area contributed by atoms with E-state index in [9.17, 15) is 0 Å². The molecule has 0 aliphatic carbocycles. The van der Waals surface area contributed by atoms with Crippen LogP contribution in [0.25, 0.3) is 0 Å². The average molecular weight is 462 g/mol. The summed E-state index contributed by atoms with van der Waals surface area (Å²) in [5.41, 5.74) is 0. The van der Waals surface area contributed by atoms with Crippen LogP contribution in [0.4, 0.5) is 0 Å². The van der Waals surface area contributed by atoms with Gasteiger partial charge in [0, 0.05) is 39.5 Å². The van der Waals surface area contributed by atoms with Crippen molar-refractivity contribution in [2.45, 2.75) is 71.8 Å². The minimum Gasteiger partial charge on any atom is -0.356 e. The van der Waals surface area contributed by atoms with Crippen LogP contribution in [0.15, 0.2) is 4.99 Å². The fraction of sp³-hybridized carbons (Fsp3) is 0.833. The van der Waals surface area contributed by atoms with Gasteiger partial charge in [-0.25, -0.2) is 0 Å². The molecule has 25 heavy (non-hydrogen) atoms. The van der Waals surface area contributed by atoms with Gasteiger partial charge in [-0.2, -0.15) is 0 Å². The summed E-state index contributed by atoms with van der Waals surface area (Å²) in [6, 6.07) is 0. The zero-order valence-electron chi connectivity index (χ0n) is 16.1. The van der Waals surface area contributed by atoms with Gasteiger partial charge >= 0.3 is 0 Å². The Balaban J connectivity index is 0.00000312. The van der Waals surface area contributed by atoms with Gasteiger partial charge in [-0.1, -0.05) is 20.3 Å². The van der Waals surface area contributed by atoms with Gasteiger partial charge in [0.15, 0.2) is 5.96 Å². The molecule has 0 bridgehead atoms. The number of guanidine groups is 1. The summed E-state index contributed by atoms with van der Waals surface area (Å²) in [5.74, 6) is 3.99. The Morgan fingerprint density at radius 3 is 2.60 bits per heavy atom. The van der Waals surface area contributed by atoms with Crippen LogP contribution < -0.4 is 10.6 Å². The quantitative estimate of drug-likeness (QED) is 0.270. The van der Waals surface area contributed by atoms with Crippen molar-refractivity contribution in [3.8, 4) is 0 Å². The summed E-state index contributed by atoms with van der Waals surface area (Å²) < 4.78 is 2.34. The Hall–Kier alpha value is -0.860. The highest BCUT2D eigenvalue weighted by molar-refractivity contribution is 14.0. The minimum absolute atomic E-state index is 0. The third-order valence-electron chi connectivity index (χ3n) is 4.53. The second kappa shape index (κ2) is 12.5. The van der Waals surface area contributed by atoms with Gasteiger partial charge in [-0.05, 0) is 38.0 Å². The first-order valence-electron chi connectivity index (χ1n) is 9.56. The number of hydrogen-bond donors (Lipinski definition) is 2. The number of nitrogens with zero attached hydrogens (tertiary/aromatic N) is 4. The molecule has 0 saturated carbocycles. The fourth-order valence-corrected chi connectivity index (χ4v) is 3.12.